The van der Waals surface area contributed by atoms with E-state index in [9.17, 15) is 4.79 Å². The molecule has 3 nitrogen and oxygen atoms in total. The van der Waals surface area contributed by atoms with Gasteiger partial charge in [-0.05, 0) is 30.9 Å². The fourth-order valence-electron chi connectivity index (χ4n) is 1.93. The maximum absolute atomic E-state index is 11.0. The standard InChI is InChI=1S/C13H18N2O/c1-10(2)8-15(12-5-6-12)13-11(9-16)4-3-7-14-13/h3-4,7,9-10,12H,5-6,8H2,1-2H3. The molecule has 1 heterocycles. The van der Waals surface area contributed by atoms with E-state index >= 15 is 0 Å². The SMILES string of the molecule is CC(C)CN(c1ncccc1C=O)C1CC1. The number of nitrogens with zero attached hydrogens (tertiary/aromatic N) is 2. The van der Waals surface area contributed by atoms with Crippen molar-refractivity contribution in [3.05, 3.63) is 23.9 Å². The summed E-state index contributed by atoms with van der Waals surface area (Å²) in [7, 11) is 0. The number of pyridine rings is 1. The third-order valence-corrected chi connectivity index (χ3v) is 2.77. The van der Waals surface area contributed by atoms with Gasteiger partial charge in [-0.1, -0.05) is 13.8 Å². The molecule has 1 saturated carbocycles. The highest BCUT2D eigenvalue weighted by Crippen LogP contribution is 2.32. The predicted octanol–water partition coefficient (Wildman–Crippen LogP) is 2.52. The largest absolute Gasteiger partial charge is 0.353 e. The molecule has 86 valence electrons. The van der Waals surface area contributed by atoms with Crippen molar-refractivity contribution in [1.82, 2.24) is 4.98 Å². The Kier molecular flexibility index (Phi) is 3.22. The summed E-state index contributed by atoms with van der Waals surface area (Å²) < 4.78 is 0. The molecule has 1 aliphatic rings. The van der Waals surface area contributed by atoms with Crippen molar-refractivity contribution in [3.63, 3.8) is 0 Å². The molecule has 1 aliphatic carbocycles. The number of aromatic nitrogens is 1. The Morgan fingerprint density at radius 1 is 1.56 bits per heavy atom. The average Bonchev–Trinajstić information content (AvgIpc) is 3.09. The minimum absolute atomic E-state index is 0.585. The first-order valence-corrected chi connectivity index (χ1v) is 5.89. The van der Waals surface area contributed by atoms with Gasteiger partial charge in [-0.15, -0.1) is 0 Å². The number of anilines is 1. The lowest BCUT2D eigenvalue weighted by Crippen LogP contribution is -2.31. The fraction of sp³-hybridized carbons (Fsp3) is 0.538. The highest BCUT2D eigenvalue weighted by molar-refractivity contribution is 5.82. The Bertz CT molecular complexity index is 372. The highest BCUT2D eigenvalue weighted by Gasteiger charge is 2.31. The lowest BCUT2D eigenvalue weighted by Gasteiger charge is -2.26. The summed E-state index contributed by atoms with van der Waals surface area (Å²) >= 11 is 0. The predicted molar refractivity (Wildman–Crippen MR) is 64.8 cm³/mol. The molecule has 1 fully saturated rings. The third-order valence-electron chi connectivity index (χ3n) is 2.77. The van der Waals surface area contributed by atoms with Crippen LogP contribution in [0.3, 0.4) is 0 Å². The Balaban J connectivity index is 2.26. The van der Waals surface area contributed by atoms with Crippen LogP contribution in [0.4, 0.5) is 5.82 Å². The second-order valence-electron chi connectivity index (χ2n) is 4.81. The Hall–Kier alpha value is -1.38. The number of rotatable bonds is 5. The molecule has 0 amide bonds. The van der Waals surface area contributed by atoms with Gasteiger partial charge in [0.15, 0.2) is 6.29 Å². The summed E-state index contributed by atoms with van der Waals surface area (Å²) in [6.07, 6.45) is 5.11. The maximum atomic E-state index is 11.0. The van der Waals surface area contributed by atoms with Gasteiger partial charge in [-0.25, -0.2) is 4.98 Å². The molecule has 1 aromatic heterocycles. The zero-order valence-electron chi connectivity index (χ0n) is 9.89. The van der Waals surface area contributed by atoms with Gasteiger partial charge in [0.05, 0.1) is 5.56 Å². The van der Waals surface area contributed by atoms with Crippen molar-refractivity contribution in [2.45, 2.75) is 32.7 Å². The topological polar surface area (TPSA) is 33.2 Å². The van der Waals surface area contributed by atoms with Crippen molar-refractivity contribution in [2.24, 2.45) is 5.92 Å². The molecule has 0 atom stereocenters. The van der Waals surface area contributed by atoms with Crippen LogP contribution >= 0.6 is 0 Å². The van der Waals surface area contributed by atoms with E-state index in [2.05, 4.69) is 23.7 Å². The van der Waals surface area contributed by atoms with Crippen LogP contribution in [0.2, 0.25) is 0 Å². The van der Waals surface area contributed by atoms with Crippen molar-refractivity contribution in [1.29, 1.82) is 0 Å². The van der Waals surface area contributed by atoms with Gasteiger partial charge in [-0.2, -0.15) is 0 Å². The van der Waals surface area contributed by atoms with Crippen LogP contribution in [0.15, 0.2) is 18.3 Å². The first-order chi connectivity index (χ1) is 7.72. The maximum Gasteiger partial charge on any atom is 0.153 e. The van der Waals surface area contributed by atoms with Crippen molar-refractivity contribution in [3.8, 4) is 0 Å². The molecule has 0 N–H and O–H groups in total. The molecular weight excluding hydrogens is 200 g/mol. The molecule has 0 aliphatic heterocycles. The number of carbonyl (C=O) groups is 1. The van der Waals surface area contributed by atoms with E-state index < -0.39 is 0 Å². The van der Waals surface area contributed by atoms with Gasteiger partial charge < -0.3 is 4.90 Å². The summed E-state index contributed by atoms with van der Waals surface area (Å²) in [5, 5.41) is 0. The zero-order valence-corrected chi connectivity index (χ0v) is 9.89. The Morgan fingerprint density at radius 2 is 2.31 bits per heavy atom. The molecule has 16 heavy (non-hydrogen) atoms. The molecular formula is C13H18N2O. The first kappa shape index (κ1) is 11.1. The summed E-state index contributed by atoms with van der Waals surface area (Å²) in [5.74, 6) is 1.44. The zero-order chi connectivity index (χ0) is 11.5. The molecule has 3 heteroatoms. The van der Waals surface area contributed by atoms with E-state index in [-0.39, 0.29) is 0 Å². The second kappa shape index (κ2) is 4.64. The number of carbonyl (C=O) groups excluding carboxylic acids is 1. The summed E-state index contributed by atoms with van der Waals surface area (Å²) in [5.41, 5.74) is 0.704. The average molecular weight is 218 g/mol. The minimum atomic E-state index is 0.585. The van der Waals surface area contributed by atoms with Crippen molar-refractivity contribution >= 4 is 12.1 Å². The second-order valence-corrected chi connectivity index (χ2v) is 4.81. The van der Waals surface area contributed by atoms with Gasteiger partial charge in [0.1, 0.15) is 5.82 Å². The van der Waals surface area contributed by atoms with Crippen LogP contribution in [-0.2, 0) is 0 Å². The molecule has 0 saturated heterocycles. The lowest BCUT2D eigenvalue weighted by molar-refractivity contribution is 0.112. The van der Waals surface area contributed by atoms with E-state index in [0.29, 0.717) is 17.5 Å². The molecule has 0 aromatic carbocycles. The van der Waals surface area contributed by atoms with Crippen LogP contribution in [0.5, 0.6) is 0 Å². The minimum Gasteiger partial charge on any atom is -0.353 e. The lowest BCUT2D eigenvalue weighted by atomic mass is 10.2. The highest BCUT2D eigenvalue weighted by atomic mass is 16.1. The number of hydrogen-bond acceptors (Lipinski definition) is 3. The van der Waals surface area contributed by atoms with Gasteiger partial charge >= 0.3 is 0 Å². The van der Waals surface area contributed by atoms with Gasteiger partial charge in [0.25, 0.3) is 0 Å². The van der Waals surface area contributed by atoms with Gasteiger partial charge in [0.2, 0.25) is 0 Å². The van der Waals surface area contributed by atoms with E-state index in [1.165, 1.54) is 12.8 Å². The molecule has 0 radical (unpaired) electrons. The normalized spacial score (nSPS) is 15.2. The quantitative estimate of drug-likeness (QED) is 0.712. The smallest absolute Gasteiger partial charge is 0.153 e. The molecule has 0 spiro atoms. The fourth-order valence-corrected chi connectivity index (χ4v) is 1.93. The summed E-state index contributed by atoms with van der Waals surface area (Å²) in [6.45, 7) is 5.36. The van der Waals surface area contributed by atoms with Crippen LogP contribution in [0.25, 0.3) is 0 Å². The van der Waals surface area contributed by atoms with Crippen molar-refractivity contribution in [2.75, 3.05) is 11.4 Å². The van der Waals surface area contributed by atoms with Gasteiger partial charge in [-0.3, -0.25) is 4.79 Å². The van der Waals surface area contributed by atoms with Crippen LogP contribution in [0, 0.1) is 5.92 Å². The van der Waals surface area contributed by atoms with Gasteiger partial charge in [0, 0.05) is 18.8 Å². The number of aldehydes is 1. The number of hydrogen-bond donors (Lipinski definition) is 0. The molecule has 0 bridgehead atoms. The van der Waals surface area contributed by atoms with E-state index in [1.807, 2.05) is 12.1 Å². The van der Waals surface area contributed by atoms with Crippen LogP contribution < -0.4 is 4.90 Å². The van der Waals surface area contributed by atoms with E-state index in [4.69, 9.17) is 0 Å². The molecule has 0 unspecified atom stereocenters. The Morgan fingerprint density at radius 3 is 2.88 bits per heavy atom. The van der Waals surface area contributed by atoms with E-state index in [0.717, 1.165) is 18.6 Å². The third kappa shape index (κ3) is 2.40. The molecule has 2 rings (SSSR count). The van der Waals surface area contributed by atoms with E-state index in [1.54, 1.807) is 6.20 Å². The summed E-state index contributed by atoms with van der Waals surface area (Å²) in [6, 6.07) is 4.25. The van der Waals surface area contributed by atoms with Crippen LogP contribution in [-0.4, -0.2) is 23.9 Å². The Labute approximate surface area is 96.5 Å². The molecule has 1 aromatic rings. The van der Waals surface area contributed by atoms with Crippen molar-refractivity contribution < 1.29 is 4.79 Å². The first-order valence-electron chi connectivity index (χ1n) is 5.89. The van der Waals surface area contributed by atoms with Crippen LogP contribution in [0.1, 0.15) is 37.0 Å². The summed E-state index contributed by atoms with van der Waals surface area (Å²) in [4.78, 5) is 17.6. The monoisotopic (exact) mass is 218 g/mol.